The Morgan fingerprint density at radius 1 is 1.33 bits per heavy atom. The van der Waals surface area contributed by atoms with Crippen LogP contribution in [0.15, 0.2) is 24.0 Å². The summed E-state index contributed by atoms with van der Waals surface area (Å²) in [4.78, 5) is 4.44. The van der Waals surface area contributed by atoms with Gasteiger partial charge in [0.15, 0.2) is 0 Å². The molecule has 18 heavy (non-hydrogen) atoms. The van der Waals surface area contributed by atoms with E-state index in [9.17, 15) is 0 Å². The maximum Gasteiger partial charge on any atom is 0.112 e. The molecule has 3 nitrogen and oxygen atoms in total. The predicted molar refractivity (Wildman–Crippen MR) is 77.8 cm³/mol. The number of aromatic nitrogens is 2. The molecular weight excluding hydrogens is 222 g/mol. The van der Waals surface area contributed by atoms with E-state index in [1.807, 2.05) is 6.20 Å². The van der Waals surface area contributed by atoms with Gasteiger partial charge in [-0.2, -0.15) is 0 Å². The Hall–Kier alpha value is -1.09. The highest BCUT2D eigenvalue weighted by atomic mass is 15.1. The maximum atomic E-state index is 4.44. The fraction of sp³-hybridized carbons (Fsp3) is 0.667. The number of allylic oxidation sites excluding steroid dienone is 1. The monoisotopic (exact) mass is 249 g/mol. The first kappa shape index (κ1) is 15.0. The molecular formula is C15H27N3. The Morgan fingerprint density at radius 3 is 2.89 bits per heavy atom. The van der Waals surface area contributed by atoms with Gasteiger partial charge in [0.2, 0.25) is 0 Å². The van der Waals surface area contributed by atoms with Crippen molar-refractivity contribution in [3.05, 3.63) is 29.9 Å². The van der Waals surface area contributed by atoms with Gasteiger partial charge in [-0.3, -0.25) is 0 Å². The van der Waals surface area contributed by atoms with Crippen LogP contribution in [0.3, 0.4) is 0 Å². The molecule has 102 valence electrons. The summed E-state index contributed by atoms with van der Waals surface area (Å²) in [5, 5.41) is 3.42. The lowest BCUT2D eigenvalue weighted by atomic mass is 10.1. The second kappa shape index (κ2) is 8.92. The van der Waals surface area contributed by atoms with Crippen LogP contribution in [0.4, 0.5) is 0 Å². The molecule has 0 aliphatic carbocycles. The van der Waals surface area contributed by atoms with Crippen molar-refractivity contribution in [1.82, 2.24) is 14.9 Å². The van der Waals surface area contributed by atoms with Crippen molar-refractivity contribution in [2.24, 2.45) is 0 Å². The third kappa shape index (κ3) is 5.50. The third-order valence-electron chi connectivity index (χ3n) is 2.94. The fourth-order valence-electron chi connectivity index (χ4n) is 2.00. The molecule has 0 amide bonds. The summed E-state index contributed by atoms with van der Waals surface area (Å²) in [7, 11) is 0. The van der Waals surface area contributed by atoms with Gasteiger partial charge in [0.05, 0.1) is 0 Å². The fourth-order valence-corrected chi connectivity index (χ4v) is 2.00. The van der Waals surface area contributed by atoms with Gasteiger partial charge in [-0.25, -0.2) is 4.98 Å². The van der Waals surface area contributed by atoms with Gasteiger partial charge in [0.25, 0.3) is 0 Å². The molecule has 0 atom stereocenters. The molecule has 0 radical (unpaired) electrons. The lowest BCUT2D eigenvalue weighted by Crippen LogP contribution is -2.15. The second-order valence-corrected chi connectivity index (χ2v) is 4.80. The Labute approximate surface area is 111 Å². The number of aryl methyl sites for hydroxylation is 1. The SMILES string of the molecule is CCCNCCC=C(C)Cc1nccn1CCC. The van der Waals surface area contributed by atoms with Gasteiger partial charge >= 0.3 is 0 Å². The minimum absolute atomic E-state index is 0.973. The Bertz CT molecular complexity index is 352. The molecule has 3 heteroatoms. The average Bonchev–Trinajstić information content (AvgIpc) is 2.77. The van der Waals surface area contributed by atoms with Gasteiger partial charge in [-0.05, 0) is 39.3 Å². The topological polar surface area (TPSA) is 29.9 Å². The summed E-state index contributed by atoms with van der Waals surface area (Å²) in [6.07, 6.45) is 10.8. The third-order valence-corrected chi connectivity index (χ3v) is 2.94. The smallest absolute Gasteiger partial charge is 0.112 e. The van der Waals surface area contributed by atoms with Crippen molar-refractivity contribution in [2.75, 3.05) is 13.1 Å². The summed E-state index contributed by atoms with van der Waals surface area (Å²) < 4.78 is 2.26. The number of hydrogen-bond donors (Lipinski definition) is 1. The number of imidazole rings is 1. The van der Waals surface area contributed by atoms with Crippen molar-refractivity contribution in [1.29, 1.82) is 0 Å². The summed E-state index contributed by atoms with van der Waals surface area (Å²) in [6, 6.07) is 0. The molecule has 1 N–H and O–H groups in total. The molecule has 0 aromatic carbocycles. The van der Waals surface area contributed by atoms with Crippen LogP contribution in [0, 0.1) is 0 Å². The molecule has 1 aromatic rings. The average molecular weight is 249 g/mol. The zero-order valence-electron chi connectivity index (χ0n) is 12.1. The second-order valence-electron chi connectivity index (χ2n) is 4.80. The first-order valence-electron chi connectivity index (χ1n) is 7.14. The Balaban J connectivity index is 2.35. The highest BCUT2D eigenvalue weighted by molar-refractivity contribution is 5.08. The standard InChI is InChI=1S/C15H27N3/c1-4-8-16-9-6-7-14(3)13-15-17-10-12-18(15)11-5-2/h7,10,12,16H,4-6,8-9,11,13H2,1-3H3. The van der Waals surface area contributed by atoms with E-state index < -0.39 is 0 Å². The number of nitrogens with one attached hydrogen (secondary N) is 1. The van der Waals surface area contributed by atoms with Crippen LogP contribution in [0.1, 0.15) is 45.9 Å². The van der Waals surface area contributed by atoms with Gasteiger partial charge in [-0.15, -0.1) is 0 Å². The quantitative estimate of drug-likeness (QED) is 0.538. The van der Waals surface area contributed by atoms with Gasteiger partial charge in [0.1, 0.15) is 5.82 Å². The number of nitrogens with zero attached hydrogens (tertiary/aromatic N) is 2. The zero-order chi connectivity index (χ0) is 13.2. The molecule has 0 unspecified atom stereocenters. The highest BCUT2D eigenvalue weighted by Gasteiger charge is 2.02. The lowest BCUT2D eigenvalue weighted by Gasteiger charge is -2.06. The van der Waals surface area contributed by atoms with Crippen molar-refractivity contribution in [3.8, 4) is 0 Å². The van der Waals surface area contributed by atoms with Crippen molar-refractivity contribution < 1.29 is 0 Å². The molecule has 1 heterocycles. The Kier molecular flexibility index (Phi) is 7.42. The molecule has 0 aliphatic rings. The van der Waals surface area contributed by atoms with Crippen LogP contribution < -0.4 is 5.32 Å². The van der Waals surface area contributed by atoms with Crippen molar-refractivity contribution in [3.63, 3.8) is 0 Å². The van der Waals surface area contributed by atoms with Crippen LogP contribution in [0.25, 0.3) is 0 Å². The molecule has 0 saturated heterocycles. The molecule has 0 spiro atoms. The number of rotatable bonds is 9. The predicted octanol–water partition coefficient (Wildman–Crippen LogP) is 3.17. The first-order chi connectivity index (χ1) is 8.77. The van der Waals surface area contributed by atoms with Gasteiger partial charge in [0, 0.05) is 25.4 Å². The molecule has 0 bridgehead atoms. The van der Waals surface area contributed by atoms with E-state index in [-0.39, 0.29) is 0 Å². The highest BCUT2D eigenvalue weighted by Crippen LogP contribution is 2.07. The minimum Gasteiger partial charge on any atom is -0.335 e. The summed E-state index contributed by atoms with van der Waals surface area (Å²) in [5.74, 6) is 1.19. The van der Waals surface area contributed by atoms with Gasteiger partial charge < -0.3 is 9.88 Å². The van der Waals surface area contributed by atoms with Crippen molar-refractivity contribution >= 4 is 0 Å². The maximum absolute atomic E-state index is 4.44. The number of hydrogen-bond acceptors (Lipinski definition) is 2. The summed E-state index contributed by atoms with van der Waals surface area (Å²) in [6.45, 7) is 9.86. The van der Waals surface area contributed by atoms with Gasteiger partial charge in [-0.1, -0.05) is 25.5 Å². The molecule has 1 aromatic heterocycles. The van der Waals surface area contributed by atoms with Crippen LogP contribution >= 0.6 is 0 Å². The van der Waals surface area contributed by atoms with Crippen molar-refractivity contribution in [2.45, 2.75) is 53.0 Å². The summed E-state index contributed by atoms with van der Waals surface area (Å²) >= 11 is 0. The van der Waals surface area contributed by atoms with E-state index in [1.54, 1.807) is 0 Å². The summed E-state index contributed by atoms with van der Waals surface area (Å²) in [5.41, 5.74) is 1.41. The Morgan fingerprint density at radius 2 is 2.17 bits per heavy atom. The van der Waals surface area contributed by atoms with E-state index in [4.69, 9.17) is 0 Å². The first-order valence-corrected chi connectivity index (χ1v) is 7.14. The molecule has 0 saturated carbocycles. The largest absolute Gasteiger partial charge is 0.335 e. The molecule has 0 fully saturated rings. The van der Waals surface area contributed by atoms with Crippen LogP contribution in [-0.2, 0) is 13.0 Å². The van der Waals surface area contributed by atoms with E-state index in [0.29, 0.717) is 0 Å². The minimum atomic E-state index is 0.973. The van der Waals surface area contributed by atoms with E-state index in [1.165, 1.54) is 17.8 Å². The van der Waals surface area contributed by atoms with E-state index in [2.05, 4.69) is 47.9 Å². The van der Waals surface area contributed by atoms with E-state index in [0.717, 1.165) is 38.9 Å². The zero-order valence-corrected chi connectivity index (χ0v) is 12.1. The molecule has 0 aliphatic heterocycles. The van der Waals surface area contributed by atoms with Crippen LogP contribution in [0.2, 0.25) is 0 Å². The van der Waals surface area contributed by atoms with Crippen LogP contribution in [-0.4, -0.2) is 22.6 Å². The molecule has 1 rings (SSSR count). The normalized spacial score (nSPS) is 12.1. The lowest BCUT2D eigenvalue weighted by molar-refractivity contribution is 0.644. The van der Waals surface area contributed by atoms with Crippen LogP contribution in [0.5, 0.6) is 0 Å². The van der Waals surface area contributed by atoms with E-state index >= 15 is 0 Å².